The third-order valence-electron chi connectivity index (χ3n) is 4.75. The van der Waals surface area contributed by atoms with Crippen molar-refractivity contribution in [2.45, 2.75) is 25.3 Å². The van der Waals surface area contributed by atoms with E-state index in [2.05, 4.69) is 10.3 Å². The predicted molar refractivity (Wildman–Crippen MR) is 104 cm³/mol. The summed E-state index contributed by atoms with van der Waals surface area (Å²) in [6.07, 6.45) is 3.38. The first-order valence-electron chi connectivity index (χ1n) is 8.55. The summed E-state index contributed by atoms with van der Waals surface area (Å²) in [4.78, 5) is 21.4. The van der Waals surface area contributed by atoms with Crippen molar-refractivity contribution in [3.05, 3.63) is 53.3 Å². The van der Waals surface area contributed by atoms with Crippen LogP contribution in [0.1, 0.15) is 34.5 Å². The van der Waals surface area contributed by atoms with E-state index in [4.69, 9.17) is 15.5 Å². The van der Waals surface area contributed by atoms with Gasteiger partial charge in [-0.25, -0.2) is 0 Å². The number of aromatic nitrogens is 1. The first-order valence-corrected chi connectivity index (χ1v) is 9.54. The molecule has 2 aliphatic rings. The molecule has 0 saturated carbocycles. The number of amidine groups is 1. The van der Waals surface area contributed by atoms with Crippen LogP contribution in [0.2, 0.25) is 0 Å². The van der Waals surface area contributed by atoms with E-state index in [-0.39, 0.29) is 11.4 Å². The van der Waals surface area contributed by atoms with Gasteiger partial charge in [-0.05, 0) is 43.2 Å². The monoisotopic (exact) mass is 368 g/mol. The highest BCUT2D eigenvalue weighted by molar-refractivity contribution is 8.13. The number of nitrogens with one attached hydrogen (secondary N) is 1. The Morgan fingerprint density at radius 1 is 1.31 bits per heavy atom. The van der Waals surface area contributed by atoms with E-state index >= 15 is 0 Å². The van der Waals surface area contributed by atoms with E-state index in [1.165, 1.54) is 0 Å². The number of ether oxygens (including phenoxy) is 1. The van der Waals surface area contributed by atoms with Crippen molar-refractivity contribution in [2.24, 2.45) is 10.7 Å². The molecule has 134 valence electrons. The number of carbonyl (C=O) groups excluding carboxylic acids is 1. The molecular formula is C19H20N4O2S. The zero-order chi connectivity index (χ0) is 18.1. The zero-order valence-electron chi connectivity index (χ0n) is 14.5. The van der Waals surface area contributed by atoms with Crippen molar-refractivity contribution in [1.29, 1.82) is 0 Å². The lowest BCUT2D eigenvalue weighted by atomic mass is 9.82. The van der Waals surface area contributed by atoms with Gasteiger partial charge >= 0.3 is 0 Å². The molecule has 1 unspecified atom stereocenters. The van der Waals surface area contributed by atoms with Gasteiger partial charge in [-0.3, -0.25) is 14.8 Å². The lowest BCUT2D eigenvalue weighted by Crippen LogP contribution is -2.36. The van der Waals surface area contributed by atoms with Crippen LogP contribution >= 0.6 is 11.8 Å². The molecule has 26 heavy (non-hydrogen) atoms. The number of nitrogens with two attached hydrogens (primary N) is 1. The molecule has 3 N–H and O–H groups in total. The van der Waals surface area contributed by atoms with E-state index in [0.717, 1.165) is 35.5 Å². The lowest BCUT2D eigenvalue weighted by molar-refractivity contribution is 0.102. The fourth-order valence-corrected chi connectivity index (χ4v) is 4.25. The number of thioether (sulfide) groups is 1. The van der Waals surface area contributed by atoms with Gasteiger partial charge in [-0.2, -0.15) is 0 Å². The second-order valence-corrected chi connectivity index (χ2v) is 7.68. The standard InChI is InChI=1S/C19H20N4O2S/c1-12-2-4-15(21-11-12)17(24)22-13-3-5-16-14(10-13)19(6-8-25-16)7-9-26-18(20)23-19/h2-5,10-11H,6-9H2,1H3,(H2,20,23)(H,22,24). The van der Waals surface area contributed by atoms with Crippen LogP contribution in [-0.2, 0) is 5.54 Å². The van der Waals surface area contributed by atoms with Crippen LogP contribution in [0, 0.1) is 6.92 Å². The van der Waals surface area contributed by atoms with Crippen LogP contribution in [0.5, 0.6) is 5.75 Å². The Balaban J connectivity index is 1.65. The Morgan fingerprint density at radius 2 is 2.19 bits per heavy atom. The number of hydrogen-bond donors (Lipinski definition) is 2. The zero-order valence-corrected chi connectivity index (χ0v) is 15.3. The third kappa shape index (κ3) is 3.14. The number of aryl methyl sites for hydroxylation is 1. The number of amides is 1. The summed E-state index contributed by atoms with van der Waals surface area (Å²) in [5, 5.41) is 3.53. The maximum atomic E-state index is 12.5. The molecule has 1 atom stereocenters. The number of benzene rings is 1. The van der Waals surface area contributed by atoms with Gasteiger partial charge in [0.05, 0.1) is 12.1 Å². The van der Waals surface area contributed by atoms with Gasteiger partial charge in [-0.1, -0.05) is 17.8 Å². The number of carbonyl (C=O) groups is 1. The molecule has 2 aliphatic heterocycles. The van der Waals surface area contributed by atoms with E-state index in [1.807, 2.05) is 31.2 Å². The van der Waals surface area contributed by atoms with E-state index in [9.17, 15) is 4.79 Å². The Hall–Kier alpha value is -2.54. The van der Waals surface area contributed by atoms with Gasteiger partial charge in [0.15, 0.2) is 5.17 Å². The first-order chi connectivity index (χ1) is 12.6. The van der Waals surface area contributed by atoms with Crippen molar-refractivity contribution in [1.82, 2.24) is 4.98 Å². The fourth-order valence-electron chi connectivity index (χ4n) is 3.36. The van der Waals surface area contributed by atoms with Crippen LogP contribution < -0.4 is 15.8 Å². The maximum Gasteiger partial charge on any atom is 0.274 e. The van der Waals surface area contributed by atoms with Crippen LogP contribution in [0.3, 0.4) is 0 Å². The van der Waals surface area contributed by atoms with Gasteiger partial charge < -0.3 is 15.8 Å². The molecular weight excluding hydrogens is 348 g/mol. The molecule has 1 amide bonds. The average molecular weight is 368 g/mol. The molecule has 0 fully saturated rings. The van der Waals surface area contributed by atoms with E-state index < -0.39 is 0 Å². The maximum absolute atomic E-state index is 12.5. The predicted octanol–water partition coefficient (Wildman–Crippen LogP) is 3.07. The SMILES string of the molecule is Cc1ccc(C(=O)Nc2ccc3c(c2)C2(CCO3)CCSC(N)=N2)nc1. The summed E-state index contributed by atoms with van der Waals surface area (Å²) in [6, 6.07) is 9.27. The summed E-state index contributed by atoms with van der Waals surface area (Å²) in [5.74, 6) is 1.50. The number of fused-ring (bicyclic) bond motifs is 2. The lowest BCUT2D eigenvalue weighted by Gasteiger charge is -2.38. The molecule has 7 heteroatoms. The van der Waals surface area contributed by atoms with E-state index in [0.29, 0.717) is 23.2 Å². The molecule has 2 aromatic rings. The number of aliphatic imine (C=N–C) groups is 1. The van der Waals surface area contributed by atoms with Gasteiger partial charge in [-0.15, -0.1) is 0 Å². The second-order valence-electron chi connectivity index (χ2n) is 6.56. The number of hydrogen-bond acceptors (Lipinski definition) is 6. The number of rotatable bonds is 2. The quantitative estimate of drug-likeness (QED) is 0.850. The summed E-state index contributed by atoms with van der Waals surface area (Å²) < 4.78 is 5.80. The molecule has 3 heterocycles. The molecule has 0 aliphatic carbocycles. The van der Waals surface area contributed by atoms with Gasteiger partial charge in [0.2, 0.25) is 0 Å². The van der Waals surface area contributed by atoms with Crippen LogP contribution in [-0.4, -0.2) is 28.4 Å². The molecule has 0 radical (unpaired) electrons. The van der Waals surface area contributed by atoms with Crippen molar-refractivity contribution in [3.63, 3.8) is 0 Å². The molecule has 4 rings (SSSR count). The van der Waals surface area contributed by atoms with Gasteiger partial charge in [0.1, 0.15) is 11.4 Å². The number of nitrogens with zero attached hydrogens (tertiary/aromatic N) is 2. The Bertz CT molecular complexity index is 882. The normalized spacial score (nSPS) is 21.5. The van der Waals surface area contributed by atoms with Crippen molar-refractivity contribution >= 4 is 28.5 Å². The highest BCUT2D eigenvalue weighted by Crippen LogP contribution is 2.46. The van der Waals surface area contributed by atoms with Gasteiger partial charge in [0.25, 0.3) is 5.91 Å². The summed E-state index contributed by atoms with van der Waals surface area (Å²) in [6.45, 7) is 2.56. The third-order valence-corrected chi connectivity index (χ3v) is 5.54. The van der Waals surface area contributed by atoms with Gasteiger partial charge in [0, 0.05) is 29.6 Å². The van der Waals surface area contributed by atoms with Crippen LogP contribution in [0.4, 0.5) is 5.69 Å². The summed E-state index contributed by atoms with van der Waals surface area (Å²) >= 11 is 1.58. The minimum absolute atomic E-state index is 0.238. The van der Waals surface area contributed by atoms with Crippen molar-refractivity contribution in [3.8, 4) is 5.75 Å². The van der Waals surface area contributed by atoms with Crippen LogP contribution in [0.25, 0.3) is 0 Å². The minimum Gasteiger partial charge on any atom is -0.493 e. The summed E-state index contributed by atoms with van der Waals surface area (Å²) in [5.41, 5.74) is 8.73. The van der Waals surface area contributed by atoms with E-state index in [1.54, 1.807) is 24.0 Å². The molecule has 1 aromatic heterocycles. The fraction of sp³-hybridized carbons (Fsp3) is 0.316. The van der Waals surface area contributed by atoms with Crippen LogP contribution in [0.15, 0.2) is 41.5 Å². The Labute approximate surface area is 156 Å². The van der Waals surface area contributed by atoms with Crippen molar-refractivity contribution < 1.29 is 9.53 Å². The van der Waals surface area contributed by atoms with Crippen molar-refractivity contribution in [2.75, 3.05) is 17.7 Å². The number of anilines is 1. The average Bonchev–Trinajstić information content (AvgIpc) is 2.63. The Morgan fingerprint density at radius 3 is 2.96 bits per heavy atom. The second kappa shape index (κ2) is 6.64. The largest absolute Gasteiger partial charge is 0.493 e. The molecule has 0 saturated heterocycles. The topological polar surface area (TPSA) is 89.6 Å². The summed E-state index contributed by atoms with van der Waals surface area (Å²) in [7, 11) is 0. The number of pyridine rings is 1. The highest BCUT2D eigenvalue weighted by Gasteiger charge is 2.39. The molecule has 1 spiro atoms. The molecule has 0 bridgehead atoms. The Kier molecular flexibility index (Phi) is 4.32. The molecule has 1 aromatic carbocycles. The minimum atomic E-state index is -0.355. The highest BCUT2D eigenvalue weighted by atomic mass is 32.2. The molecule has 6 nitrogen and oxygen atoms in total. The smallest absolute Gasteiger partial charge is 0.274 e. The first kappa shape index (κ1) is 16.9.